The number of hydrogen-bond acceptors (Lipinski definition) is 4. The zero-order valence-electron chi connectivity index (χ0n) is 12.1. The Balaban J connectivity index is 2.56. The standard InChI is InChI=1S/C13H28N2O2S/c1-10(2)11-5-6-12(14)13(9-11)15(3)7-8-18(4,16)17/h10-13H,5-9,14H2,1-4H3. The molecule has 0 bridgehead atoms. The van der Waals surface area contributed by atoms with Crippen molar-refractivity contribution >= 4 is 9.84 Å². The quantitative estimate of drug-likeness (QED) is 0.817. The van der Waals surface area contributed by atoms with E-state index in [0.29, 0.717) is 18.5 Å². The minimum absolute atomic E-state index is 0.185. The van der Waals surface area contributed by atoms with Crippen molar-refractivity contribution in [1.82, 2.24) is 4.90 Å². The molecule has 4 nitrogen and oxygen atoms in total. The molecular formula is C13H28N2O2S. The van der Waals surface area contributed by atoms with Crippen LogP contribution in [0.2, 0.25) is 0 Å². The maximum Gasteiger partial charge on any atom is 0.148 e. The van der Waals surface area contributed by atoms with Gasteiger partial charge in [-0.1, -0.05) is 13.8 Å². The number of rotatable bonds is 5. The molecule has 1 aliphatic carbocycles. The lowest BCUT2D eigenvalue weighted by atomic mass is 9.77. The fourth-order valence-corrected chi connectivity index (χ4v) is 3.41. The molecule has 0 aromatic heterocycles. The highest BCUT2D eigenvalue weighted by Crippen LogP contribution is 2.31. The molecule has 0 heterocycles. The van der Waals surface area contributed by atoms with E-state index >= 15 is 0 Å². The van der Waals surface area contributed by atoms with Gasteiger partial charge in [0.2, 0.25) is 0 Å². The molecule has 3 atom stereocenters. The average Bonchev–Trinajstić information content (AvgIpc) is 2.25. The Labute approximate surface area is 112 Å². The minimum atomic E-state index is -2.89. The van der Waals surface area contributed by atoms with Gasteiger partial charge in [0, 0.05) is 24.9 Å². The predicted molar refractivity (Wildman–Crippen MR) is 76.3 cm³/mol. The molecule has 3 unspecified atom stereocenters. The smallest absolute Gasteiger partial charge is 0.148 e. The van der Waals surface area contributed by atoms with Crippen molar-refractivity contribution in [2.45, 2.75) is 45.2 Å². The topological polar surface area (TPSA) is 63.4 Å². The second-order valence-electron chi connectivity index (χ2n) is 6.16. The molecule has 0 aromatic rings. The SMILES string of the molecule is CC(C)C1CCC(N)C(N(C)CCS(C)(=O)=O)C1. The van der Waals surface area contributed by atoms with Crippen molar-refractivity contribution < 1.29 is 8.42 Å². The van der Waals surface area contributed by atoms with Gasteiger partial charge in [-0.25, -0.2) is 8.42 Å². The highest BCUT2D eigenvalue weighted by Gasteiger charge is 2.32. The van der Waals surface area contributed by atoms with E-state index in [1.165, 1.54) is 12.7 Å². The van der Waals surface area contributed by atoms with Crippen LogP contribution >= 0.6 is 0 Å². The third-order valence-electron chi connectivity index (χ3n) is 4.23. The lowest BCUT2D eigenvalue weighted by molar-refractivity contribution is 0.123. The van der Waals surface area contributed by atoms with Crippen LogP contribution in [-0.4, -0.2) is 51.0 Å². The van der Waals surface area contributed by atoms with Crippen molar-refractivity contribution in [3.8, 4) is 0 Å². The molecule has 0 amide bonds. The Morgan fingerprint density at radius 3 is 2.44 bits per heavy atom. The van der Waals surface area contributed by atoms with Crippen LogP contribution in [0.15, 0.2) is 0 Å². The van der Waals surface area contributed by atoms with Crippen LogP contribution in [0, 0.1) is 11.8 Å². The molecule has 5 heteroatoms. The van der Waals surface area contributed by atoms with E-state index in [2.05, 4.69) is 18.7 Å². The summed E-state index contributed by atoms with van der Waals surface area (Å²) in [6.45, 7) is 5.10. The molecule has 18 heavy (non-hydrogen) atoms. The van der Waals surface area contributed by atoms with E-state index in [4.69, 9.17) is 5.73 Å². The summed E-state index contributed by atoms with van der Waals surface area (Å²) in [5, 5.41) is 0. The van der Waals surface area contributed by atoms with Crippen LogP contribution < -0.4 is 5.73 Å². The Hall–Kier alpha value is -0.130. The highest BCUT2D eigenvalue weighted by atomic mass is 32.2. The van der Waals surface area contributed by atoms with Gasteiger partial charge in [0.25, 0.3) is 0 Å². The first-order chi connectivity index (χ1) is 8.20. The average molecular weight is 276 g/mol. The van der Waals surface area contributed by atoms with Crippen LogP contribution in [0.3, 0.4) is 0 Å². The minimum Gasteiger partial charge on any atom is -0.326 e. The maximum atomic E-state index is 11.2. The largest absolute Gasteiger partial charge is 0.326 e. The molecule has 108 valence electrons. The van der Waals surface area contributed by atoms with Crippen molar-refractivity contribution in [3.05, 3.63) is 0 Å². The molecule has 1 rings (SSSR count). The molecule has 0 aliphatic heterocycles. The van der Waals surface area contributed by atoms with Gasteiger partial charge in [-0.15, -0.1) is 0 Å². The Bertz CT molecular complexity index is 354. The van der Waals surface area contributed by atoms with Gasteiger partial charge in [-0.2, -0.15) is 0 Å². The van der Waals surface area contributed by atoms with Crippen LogP contribution in [0.5, 0.6) is 0 Å². The van der Waals surface area contributed by atoms with Crippen LogP contribution in [0.4, 0.5) is 0 Å². The number of likely N-dealkylation sites (N-methyl/N-ethyl adjacent to an activating group) is 1. The summed E-state index contributed by atoms with van der Waals surface area (Å²) in [6, 6.07) is 0.512. The van der Waals surface area contributed by atoms with Crippen LogP contribution in [0.1, 0.15) is 33.1 Å². The highest BCUT2D eigenvalue weighted by molar-refractivity contribution is 7.90. The molecular weight excluding hydrogens is 248 g/mol. The molecule has 1 aliphatic rings. The number of nitrogens with zero attached hydrogens (tertiary/aromatic N) is 1. The van der Waals surface area contributed by atoms with Gasteiger partial charge in [-0.05, 0) is 38.1 Å². The summed E-state index contributed by atoms with van der Waals surface area (Å²) in [4.78, 5) is 2.14. The first-order valence-corrected chi connectivity index (χ1v) is 8.90. The Morgan fingerprint density at radius 1 is 1.33 bits per heavy atom. The summed E-state index contributed by atoms with van der Waals surface area (Å²) in [7, 11) is -0.889. The molecule has 0 saturated heterocycles. The lowest BCUT2D eigenvalue weighted by Gasteiger charge is -2.41. The van der Waals surface area contributed by atoms with E-state index in [1.54, 1.807) is 0 Å². The predicted octanol–water partition coefficient (Wildman–Crippen LogP) is 1.11. The van der Waals surface area contributed by atoms with Crippen LogP contribution in [0.25, 0.3) is 0 Å². The number of sulfone groups is 1. The second-order valence-corrected chi connectivity index (χ2v) is 8.42. The second kappa shape index (κ2) is 6.35. The zero-order valence-corrected chi connectivity index (χ0v) is 12.9. The molecule has 2 N–H and O–H groups in total. The van der Waals surface area contributed by atoms with Crippen molar-refractivity contribution in [3.63, 3.8) is 0 Å². The third-order valence-corrected chi connectivity index (χ3v) is 5.16. The fraction of sp³-hybridized carbons (Fsp3) is 1.00. The molecule has 0 spiro atoms. The van der Waals surface area contributed by atoms with Crippen molar-refractivity contribution in [2.75, 3.05) is 25.6 Å². The van der Waals surface area contributed by atoms with E-state index in [1.807, 2.05) is 7.05 Å². The van der Waals surface area contributed by atoms with Gasteiger partial charge in [0.1, 0.15) is 9.84 Å². The molecule has 1 saturated carbocycles. The third kappa shape index (κ3) is 4.86. The monoisotopic (exact) mass is 276 g/mol. The Morgan fingerprint density at radius 2 is 1.94 bits per heavy atom. The molecule has 1 fully saturated rings. The summed E-state index contributed by atoms with van der Waals surface area (Å²) in [6.07, 6.45) is 4.64. The summed E-state index contributed by atoms with van der Waals surface area (Å²) >= 11 is 0. The van der Waals surface area contributed by atoms with Crippen molar-refractivity contribution in [1.29, 1.82) is 0 Å². The zero-order chi connectivity index (χ0) is 13.9. The van der Waals surface area contributed by atoms with Gasteiger partial charge in [0.15, 0.2) is 0 Å². The fourth-order valence-electron chi connectivity index (χ4n) is 2.79. The van der Waals surface area contributed by atoms with Gasteiger partial charge in [-0.3, -0.25) is 0 Å². The van der Waals surface area contributed by atoms with Gasteiger partial charge in [0.05, 0.1) is 5.75 Å². The van der Waals surface area contributed by atoms with E-state index in [0.717, 1.165) is 18.8 Å². The summed E-state index contributed by atoms with van der Waals surface area (Å²) in [5.74, 6) is 1.62. The van der Waals surface area contributed by atoms with E-state index < -0.39 is 9.84 Å². The van der Waals surface area contributed by atoms with E-state index in [-0.39, 0.29) is 11.8 Å². The van der Waals surface area contributed by atoms with Gasteiger partial charge >= 0.3 is 0 Å². The first-order valence-electron chi connectivity index (χ1n) is 6.84. The maximum absolute atomic E-state index is 11.2. The van der Waals surface area contributed by atoms with E-state index in [9.17, 15) is 8.42 Å². The Kier molecular flexibility index (Phi) is 5.62. The van der Waals surface area contributed by atoms with Crippen LogP contribution in [-0.2, 0) is 9.84 Å². The van der Waals surface area contributed by atoms with Gasteiger partial charge < -0.3 is 10.6 Å². The molecule has 0 radical (unpaired) electrons. The molecule has 0 aromatic carbocycles. The normalized spacial score (nSPS) is 30.1. The summed E-state index contributed by atoms with van der Waals surface area (Å²) in [5.41, 5.74) is 6.19. The first kappa shape index (κ1) is 15.9. The van der Waals surface area contributed by atoms with Crippen molar-refractivity contribution in [2.24, 2.45) is 17.6 Å². The number of nitrogens with two attached hydrogens (primary N) is 1. The summed E-state index contributed by atoms with van der Waals surface area (Å²) < 4.78 is 22.4. The lowest BCUT2D eigenvalue weighted by Crippen LogP contribution is -2.51. The number of hydrogen-bond donors (Lipinski definition) is 1.